The van der Waals surface area contributed by atoms with Gasteiger partial charge in [0.25, 0.3) is 0 Å². The number of fused-ring (bicyclic) bond motifs is 1. The zero-order valence-electron chi connectivity index (χ0n) is 26.4. The highest BCUT2D eigenvalue weighted by atomic mass is 19.4. The number of ether oxygens (including phenoxy) is 1. The lowest BCUT2D eigenvalue weighted by Crippen LogP contribution is -2.47. The minimum absolute atomic E-state index is 0.140. The number of hydrogen-bond donors (Lipinski definition) is 1. The van der Waals surface area contributed by atoms with Crippen molar-refractivity contribution in [2.24, 2.45) is 0 Å². The summed E-state index contributed by atoms with van der Waals surface area (Å²) in [7, 11) is 0. The Morgan fingerprint density at radius 2 is 1.59 bits per heavy atom. The van der Waals surface area contributed by atoms with E-state index in [1.54, 1.807) is 0 Å². The van der Waals surface area contributed by atoms with Crippen molar-refractivity contribution in [2.45, 2.75) is 63.7 Å². The fourth-order valence-electron chi connectivity index (χ4n) is 3.89. The highest BCUT2D eigenvalue weighted by molar-refractivity contribution is 5.90. The van der Waals surface area contributed by atoms with E-state index in [2.05, 4.69) is 5.32 Å². The van der Waals surface area contributed by atoms with E-state index in [1.807, 2.05) is 0 Å². The Hall–Kier alpha value is -2.96. The Bertz CT molecular complexity index is 1380. The van der Waals surface area contributed by atoms with Crippen LogP contribution in [0.1, 0.15) is 71.3 Å². The molecule has 13 heteroatoms. The average molecular weight is 550 g/mol. The van der Waals surface area contributed by atoms with Gasteiger partial charge in [0.05, 0.1) is 29.0 Å². The van der Waals surface area contributed by atoms with Crippen LogP contribution < -0.4 is 10.2 Å². The summed E-state index contributed by atoms with van der Waals surface area (Å²) in [6.07, 6.45) is -21.3. The molecule has 2 aromatic rings. The summed E-state index contributed by atoms with van der Waals surface area (Å²) in [5, 5.41) is 2.48. The van der Waals surface area contributed by atoms with Crippen LogP contribution in [0.25, 0.3) is 0 Å². The van der Waals surface area contributed by atoms with Gasteiger partial charge in [-0.2, -0.15) is 39.5 Å². The van der Waals surface area contributed by atoms with Gasteiger partial charge in [-0.25, -0.2) is 4.79 Å². The lowest BCUT2D eigenvalue weighted by atomic mass is 9.88. The van der Waals surface area contributed by atoms with Gasteiger partial charge < -0.3 is 10.1 Å². The van der Waals surface area contributed by atoms with Crippen molar-refractivity contribution in [1.82, 2.24) is 5.32 Å². The van der Waals surface area contributed by atoms with E-state index in [0.29, 0.717) is 35.2 Å². The largest absolute Gasteiger partial charge is 0.449 e. The average Bonchev–Trinajstić information content (AvgIpc) is 2.86. The molecule has 1 aliphatic rings. The molecule has 4 nitrogen and oxygen atoms in total. The minimum Gasteiger partial charge on any atom is -0.449 e. The van der Waals surface area contributed by atoms with Gasteiger partial charge in [0.1, 0.15) is 0 Å². The van der Waals surface area contributed by atoms with Crippen molar-refractivity contribution in [1.29, 1.82) is 0 Å². The van der Waals surface area contributed by atoms with Crippen molar-refractivity contribution in [2.75, 3.05) is 11.5 Å². The molecule has 0 unspecified atom stereocenters. The number of anilines is 1. The Kier molecular flexibility index (Phi) is 5.40. The monoisotopic (exact) mass is 550 g/mol. The van der Waals surface area contributed by atoms with Crippen molar-refractivity contribution >= 4 is 11.8 Å². The number of halogens is 9. The zero-order valence-corrected chi connectivity index (χ0v) is 18.4. The van der Waals surface area contributed by atoms with Gasteiger partial charge in [-0.15, -0.1) is 0 Å². The fraction of sp³-hybridized carbons (Fsp3) is 0.458. The number of hydrogen-bond acceptors (Lipinski definition) is 3. The molecule has 1 aliphatic heterocycles. The molecule has 0 aromatic heterocycles. The van der Waals surface area contributed by atoms with Crippen LogP contribution in [-0.4, -0.2) is 18.7 Å². The molecule has 37 heavy (non-hydrogen) atoms. The number of benzene rings is 2. The molecule has 0 radical (unpaired) electrons. The molecular weight excluding hydrogens is 519 g/mol. The number of carbonyl (C=O) groups is 1. The standard InChI is InChI=1S/C24H23F9N2O2/c1-3-17-11-19(34-12-13-7-15(23(28,29)30)9-16(8-13)24(31,32)33)18-10-14(22(25,26)27)5-6-20(18)35(17)21(36)37-4-2/h5-10,17,19,34H,3-4,11-12H2,1-2H3/t17-,19+/m1/s1/i1D3,2D3,3D2. The number of nitrogens with one attached hydrogen (secondary N) is 1. The maximum atomic E-state index is 13.6. The van der Waals surface area contributed by atoms with Gasteiger partial charge in [0.15, 0.2) is 0 Å². The van der Waals surface area contributed by atoms with Crippen molar-refractivity contribution in [3.05, 3.63) is 64.2 Å². The van der Waals surface area contributed by atoms with E-state index in [-0.39, 0.29) is 6.07 Å². The van der Waals surface area contributed by atoms with Crippen LogP contribution in [0.5, 0.6) is 0 Å². The summed E-state index contributed by atoms with van der Waals surface area (Å²) in [6.45, 7) is -8.49. The summed E-state index contributed by atoms with van der Waals surface area (Å²) in [4.78, 5) is 13.4. The molecule has 2 atom stereocenters. The molecule has 3 rings (SSSR count). The van der Waals surface area contributed by atoms with Crippen LogP contribution in [0.15, 0.2) is 36.4 Å². The van der Waals surface area contributed by atoms with Crippen LogP contribution >= 0.6 is 0 Å². The summed E-state index contributed by atoms with van der Waals surface area (Å²) >= 11 is 0. The molecule has 0 bridgehead atoms. The summed E-state index contributed by atoms with van der Waals surface area (Å²) < 4.78 is 187. The third kappa shape index (κ3) is 6.49. The molecule has 0 aliphatic carbocycles. The Labute approximate surface area is 217 Å². The van der Waals surface area contributed by atoms with Gasteiger partial charge in [-0.3, -0.25) is 4.90 Å². The first kappa shape index (κ1) is 19.2. The topological polar surface area (TPSA) is 41.6 Å². The van der Waals surface area contributed by atoms with Crippen LogP contribution in [0.4, 0.5) is 50.0 Å². The summed E-state index contributed by atoms with van der Waals surface area (Å²) in [5.74, 6) is 0. The van der Waals surface area contributed by atoms with Crippen LogP contribution in [-0.2, 0) is 29.8 Å². The number of alkyl halides is 9. The molecule has 0 saturated heterocycles. The second-order valence-electron chi connectivity index (χ2n) is 7.94. The zero-order chi connectivity index (χ0) is 34.6. The summed E-state index contributed by atoms with van der Waals surface area (Å²) in [5.41, 5.74) is -6.36. The first-order chi connectivity index (χ1) is 20.1. The molecular formula is C24H23F9N2O2. The molecule has 0 spiro atoms. The van der Waals surface area contributed by atoms with Gasteiger partial charge in [-0.05, 0) is 67.2 Å². The quantitative estimate of drug-likeness (QED) is 0.388. The molecule has 1 heterocycles. The maximum Gasteiger partial charge on any atom is 0.416 e. The number of carbonyl (C=O) groups excluding carboxylic acids is 1. The van der Waals surface area contributed by atoms with Crippen molar-refractivity contribution < 1.29 is 60.0 Å². The lowest BCUT2D eigenvalue weighted by Gasteiger charge is -2.40. The number of amides is 1. The highest BCUT2D eigenvalue weighted by Gasteiger charge is 2.40. The fourth-order valence-corrected chi connectivity index (χ4v) is 3.89. The lowest BCUT2D eigenvalue weighted by molar-refractivity contribution is -0.143. The maximum absolute atomic E-state index is 13.6. The van der Waals surface area contributed by atoms with E-state index in [9.17, 15) is 44.3 Å². The molecule has 0 fully saturated rings. The molecule has 2 aromatic carbocycles. The van der Waals surface area contributed by atoms with E-state index in [4.69, 9.17) is 15.7 Å². The Balaban J connectivity index is 2.17. The second kappa shape index (κ2) is 10.4. The predicted octanol–water partition coefficient (Wildman–Crippen LogP) is 7.72. The van der Waals surface area contributed by atoms with Crippen LogP contribution in [0, 0.1) is 0 Å². The first-order valence-electron chi connectivity index (χ1n) is 14.3. The van der Waals surface area contributed by atoms with Crippen LogP contribution in [0.3, 0.4) is 0 Å². The molecule has 1 amide bonds. The van der Waals surface area contributed by atoms with Crippen LogP contribution in [0.2, 0.25) is 0 Å². The van der Waals surface area contributed by atoms with Gasteiger partial charge in [0, 0.05) is 29.6 Å². The molecule has 0 saturated carbocycles. The van der Waals surface area contributed by atoms with E-state index in [0.717, 1.165) is 0 Å². The third-order valence-corrected chi connectivity index (χ3v) is 5.52. The smallest absolute Gasteiger partial charge is 0.416 e. The SMILES string of the molecule is [2H]C([2H])([2H])COC(=O)N1c2ccc(C(F)(F)F)cc2[C@@H](NCc2cc(C(F)(F)F)cc(C(F)(F)F)c2)C[C@H]1C([2H])([2H])C([2H])([2H])[2H]. The first-order valence-corrected chi connectivity index (χ1v) is 10.3. The van der Waals surface area contributed by atoms with E-state index >= 15 is 0 Å². The molecule has 1 N–H and O–H groups in total. The molecule has 204 valence electrons. The normalized spacial score (nSPS) is 22.8. The van der Waals surface area contributed by atoms with Crippen molar-refractivity contribution in [3.8, 4) is 0 Å². The van der Waals surface area contributed by atoms with Crippen molar-refractivity contribution in [3.63, 3.8) is 0 Å². The van der Waals surface area contributed by atoms with Gasteiger partial charge in [0.2, 0.25) is 0 Å². The van der Waals surface area contributed by atoms with E-state index < -0.39 is 110 Å². The highest BCUT2D eigenvalue weighted by Crippen LogP contribution is 2.42. The Morgan fingerprint density at radius 1 is 0.973 bits per heavy atom. The third-order valence-electron chi connectivity index (χ3n) is 5.52. The number of nitrogens with zero attached hydrogens (tertiary/aromatic N) is 1. The van der Waals surface area contributed by atoms with Gasteiger partial charge >= 0.3 is 24.6 Å². The Morgan fingerprint density at radius 3 is 2.14 bits per heavy atom. The second-order valence-corrected chi connectivity index (χ2v) is 7.94. The summed E-state index contributed by atoms with van der Waals surface area (Å²) in [6, 6.07) is -1.52. The van der Waals surface area contributed by atoms with Gasteiger partial charge in [-0.1, -0.05) is 6.85 Å². The van der Waals surface area contributed by atoms with E-state index in [1.165, 1.54) is 0 Å². The predicted molar refractivity (Wildman–Crippen MR) is 116 cm³/mol. The minimum atomic E-state index is -5.22. The number of rotatable bonds is 5.